The number of carbonyl (C=O) groups is 1. The predicted molar refractivity (Wildman–Crippen MR) is 132 cm³/mol. The Labute approximate surface area is 228 Å². The van der Waals surface area contributed by atoms with Gasteiger partial charge >= 0.3 is 5.97 Å². The molecule has 3 heterocycles. The molecule has 0 bridgehead atoms. The lowest BCUT2D eigenvalue weighted by Crippen LogP contribution is -2.60. The van der Waals surface area contributed by atoms with Crippen molar-refractivity contribution in [3.8, 4) is 34.5 Å². The molecule has 13 nitrogen and oxygen atoms in total. The Kier molecular flexibility index (Phi) is 6.79. The van der Waals surface area contributed by atoms with Crippen LogP contribution < -0.4 is 23.7 Å². The molecule has 3 aliphatic heterocycles. The van der Waals surface area contributed by atoms with Gasteiger partial charge in [-0.3, -0.25) is 4.79 Å². The molecule has 2 aromatic rings. The number of ether oxygens (including phenoxy) is 7. The summed E-state index contributed by atoms with van der Waals surface area (Å²) >= 11 is 0. The standard InChI is InChI=1S/C27H30O13/c1-34-14-4-10(5-15(35-2)20(14)29)18-12-6-16-25(38-9-37-16)24(13(12)3-11-8-36-26(33)19(11)18)40-27-23(32)22(31)21(30)17(7-28)39-27/h4-6,11,17-19,21-23,27-32H,3,7-9H2,1-2H3/t11-,17-,18+,19-,21+,22+,23+,27-/m0/s1. The fraction of sp³-hybridized carbons (Fsp3) is 0.519. The number of hydrogen-bond acceptors (Lipinski definition) is 13. The zero-order chi connectivity index (χ0) is 28.3. The number of aliphatic hydroxyl groups is 4. The van der Waals surface area contributed by atoms with E-state index < -0.39 is 49.1 Å². The van der Waals surface area contributed by atoms with Crippen molar-refractivity contribution in [2.24, 2.45) is 11.8 Å². The SMILES string of the molecule is COc1cc([C@@H]2c3cc4c(c(O[C@@H]5O[C@@H](CO)[C@@H](O)[C@@H](O)[C@H]5O)c3C[C@H]3COC(=O)[C@@H]32)OCO4)cc(OC)c1O. The average molecular weight is 563 g/mol. The molecule has 0 spiro atoms. The third-order valence-electron chi connectivity index (χ3n) is 8.08. The fourth-order valence-electron chi connectivity index (χ4n) is 6.07. The van der Waals surface area contributed by atoms with Gasteiger partial charge in [0.25, 0.3) is 0 Å². The number of hydrogen-bond donors (Lipinski definition) is 5. The highest BCUT2D eigenvalue weighted by Gasteiger charge is 2.51. The van der Waals surface area contributed by atoms with Crippen LogP contribution in [0.2, 0.25) is 0 Å². The van der Waals surface area contributed by atoms with Gasteiger partial charge in [0.1, 0.15) is 24.4 Å². The maximum atomic E-state index is 13.0. The molecule has 0 aromatic heterocycles. The highest BCUT2D eigenvalue weighted by atomic mass is 16.7. The van der Waals surface area contributed by atoms with Crippen molar-refractivity contribution >= 4 is 5.97 Å². The molecular weight excluding hydrogens is 532 g/mol. The second-order valence-corrected chi connectivity index (χ2v) is 10.2. The van der Waals surface area contributed by atoms with Crippen molar-refractivity contribution in [2.75, 3.05) is 34.2 Å². The van der Waals surface area contributed by atoms with Crippen LogP contribution in [0.25, 0.3) is 0 Å². The van der Waals surface area contributed by atoms with Crippen molar-refractivity contribution in [3.63, 3.8) is 0 Å². The minimum atomic E-state index is -1.65. The first kappa shape index (κ1) is 26.7. The highest BCUT2D eigenvalue weighted by molar-refractivity contribution is 5.79. The summed E-state index contributed by atoms with van der Waals surface area (Å²) in [5.41, 5.74) is 1.90. The molecule has 13 heteroatoms. The van der Waals surface area contributed by atoms with Gasteiger partial charge in [-0.2, -0.15) is 0 Å². The topological polar surface area (TPSA) is 183 Å². The Balaban J connectivity index is 1.50. The van der Waals surface area contributed by atoms with E-state index >= 15 is 0 Å². The molecule has 0 amide bonds. The minimum Gasteiger partial charge on any atom is -0.502 e. The maximum Gasteiger partial charge on any atom is 0.310 e. The van der Waals surface area contributed by atoms with E-state index in [1.165, 1.54) is 14.2 Å². The van der Waals surface area contributed by atoms with Crippen molar-refractivity contribution in [3.05, 3.63) is 34.9 Å². The maximum absolute atomic E-state index is 13.0. The zero-order valence-electron chi connectivity index (χ0n) is 21.7. The molecule has 2 aromatic carbocycles. The van der Waals surface area contributed by atoms with E-state index in [4.69, 9.17) is 33.2 Å². The molecule has 6 rings (SSSR count). The highest BCUT2D eigenvalue weighted by Crippen LogP contribution is 2.56. The van der Waals surface area contributed by atoms with Crippen LogP contribution in [-0.4, -0.2) is 96.4 Å². The van der Waals surface area contributed by atoms with Gasteiger partial charge < -0.3 is 58.7 Å². The summed E-state index contributed by atoms with van der Waals surface area (Å²) in [4.78, 5) is 13.0. The van der Waals surface area contributed by atoms with Crippen LogP contribution in [-0.2, 0) is 20.7 Å². The zero-order valence-corrected chi connectivity index (χ0v) is 21.7. The largest absolute Gasteiger partial charge is 0.502 e. The number of aromatic hydroxyl groups is 1. The van der Waals surface area contributed by atoms with Gasteiger partial charge in [0.2, 0.25) is 24.6 Å². The third kappa shape index (κ3) is 4.08. The van der Waals surface area contributed by atoms with Crippen molar-refractivity contribution in [2.45, 2.75) is 43.0 Å². The van der Waals surface area contributed by atoms with Crippen molar-refractivity contribution in [1.82, 2.24) is 0 Å². The molecule has 8 atom stereocenters. The number of phenolic OH excluding ortho intramolecular Hbond substituents is 1. The number of rotatable bonds is 6. The van der Waals surface area contributed by atoms with E-state index in [1.54, 1.807) is 18.2 Å². The van der Waals surface area contributed by atoms with Gasteiger partial charge in [0.15, 0.2) is 23.0 Å². The lowest BCUT2D eigenvalue weighted by atomic mass is 9.67. The van der Waals surface area contributed by atoms with Crippen LogP contribution in [0, 0.1) is 11.8 Å². The van der Waals surface area contributed by atoms with Crippen molar-refractivity contribution in [1.29, 1.82) is 0 Å². The van der Waals surface area contributed by atoms with Gasteiger partial charge in [-0.1, -0.05) is 0 Å². The smallest absolute Gasteiger partial charge is 0.310 e. The molecule has 5 N–H and O–H groups in total. The summed E-state index contributed by atoms with van der Waals surface area (Å²) in [6, 6.07) is 5.02. The lowest BCUT2D eigenvalue weighted by molar-refractivity contribution is -0.277. The third-order valence-corrected chi connectivity index (χ3v) is 8.08. The van der Waals surface area contributed by atoms with Crippen LogP contribution in [0.3, 0.4) is 0 Å². The van der Waals surface area contributed by atoms with E-state index in [-0.39, 0.29) is 54.0 Å². The minimum absolute atomic E-state index is 0.107. The molecule has 0 radical (unpaired) electrons. The van der Waals surface area contributed by atoms with Crippen LogP contribution in [0.4, 0.5) is 0 Å². The summed E-state index contributed by atoms with van der Waals surface area (Å²) in [7, 11) is 2.81. The molecule has 216 valence electrons. The van der Waals surface area contributed by atoms with E-state index in [1.807, 2.05) is 0 Å². The summed E-state index contributed by atoms with van der Waals surface area (Å²) < 4.78 is 39.4. The molecule has 4 aliphatic rings. The Morgan fingerprint density at radius 1 is 0.975 bits per heavy atom. The molecule has 1 aliphatic carbocycles. The first-order valence-corrected chi connectivity index (χ1v) is 12.8. The number of carbonyl (C=O) groups excluding carboxylic acids is 1. The first-order valence-electron chi connectivity index (χ1n) is 12.8. The monoisotopic (exact) mass is 562 g/mol. The van der Waals surface area contributed by atoms with Crippen molar-refractivity contribution < 1.29 is 63.5 Å². The summed E-state index contributed by atoms with van der Waals surface area (Å²) in [5, 5.41) is 51.3. The number of fused-ring (bicyclic) bond motifs is 3. The number of benzene rings is 2. The number of cyclic esters (lactones) is 1. The fourth-order valence-corrected chi connectivity index (χ4v) is 6.07. The van der Waals surface area contributed by atoms with E-state index in [2.05, 4.69) is 0 Å². The predicted octanol–water partition coefficient (Wildman–Crippen LogP) is -0.206. The average Bonchev–Trinajstić information content (AvgIpc) is 3.58. The van der Waals surface area contributed by atoms with Gasteiger partial charge in [0, 0.05) is 17.4 Å². The normalized spacial score (nSPS) is 32.2. The number of esters is 1. The molecule has 40 heavy (non-hydrogen) atoms. The Morgan fingerprint density at radius 2 is 1.70 bits per heavy atom. The van der Waals surface area contributed by atoms with Crippen LogP contribution >= 0.6 is 0 Å². The molecule has 0 saturated carbocycles. The van der Waals surface area contributed by atoms with E-state index in [9.17, 15) is 30.3 Å². The summed E-state index contributed by atoms with van der Waals surface area (Å²) in [6.45, 7) is -0.561. The first-order chi connectivity index (χ1) is 19.3. The number of aliphatic hydroxyl groups excluding tert-OH is 4. The van der Waals surface area contributed by atoms with E-state index in [0.717, 1.165) is 0 Å². The quantitative estimate of drug-likeness (QED) is 0.292. The lowest BCUT2D eigenvalue weighted by Gasteiger charge is -2.40. The Bertz CT molecular complexity index is 1280. The van der Waals surface area contributed by atoms with E-state index in [0.29, 0.717) is 28.9 Å². The van der Waals surface area contributed by atoms with Crippen LogP contribution in [0.5, 0.6) is 34.5 Å². The van der Waals surface area contributed by atoms with Crippen LogP contribution in [0.1, 0.15) is 22.6 Å². The Morgan fingerprint density at radius 3 is 2.38 bits per heavy atom. The van der Waals surface area contributed by atoms with Gasteiger partial charge in [0.05, 0.1) is 33.4 Å². The summed E-state index contributed by atoms with van der Waals surface area (Å²) in [6.07, 6.45) is -7.15. The molecular formula is C27H30O13. The molecule has 2 saturated heterocycles. The second kappa shape index (κ2) is 10.2. The number of methoxy groups -OCH3 is 2. The van der Waals surface area contributed by atoms with Gasteiger partial charge in [-0.25, -0.2) is 0 Å². The van der Waals surface area contributed by atoms with Gasteiger partial charge in [-0.15, -0.1) is 0 Å². The molecule has 0 unspecified atom stereocenters. The number of phenols is 1. The second-order valence-electron chi connectivity index (χ2n) is 10.2. The van der Waals surface area contributed by atoms with Crippen LogP contribution in [0.15, 0.2) is 18.2 Å². The van der Waals surface area contributed by atoms with Gasteiger partial charge in [-0.05, 0) is 35.7 Å². The molecule has 2 fully saturated rings. The summed E-state index contributed by atoms with van der Waals surface area (Å²) in [5.74, 6) is -0.932. The Hall–Kier alpha value is -3.49.